The van der Waals surface area contributed by atoms with E-state index in [9.17, 15) is 41.0 Å². The van der Waals surface area contributed by atoms with E-state index in [0.717, 1.165) is 53.2 Å². The first kappa shape index (κ1) is 40.8. The summed E-state index contributed by atoms with van der Waals surface area (Å²) in [6.45, 7) is 0. The quantitative estimate of drug-likeness (QED) is 0.121. The van der Waals surface area contributed by atoms with Crippen molar-refractivity contribution < 1.29 is 45.8 Å². The number of alkyl halides is 6. The average Bonchev–Trinajstić information content (AvgIpc) is 3.83. The Morgan fingerprint density at radius 3 is 1.47 bits per heavy atom. The SMILES string of the molecule is COC(=O)c1ccnc(-c2cccc3cc(Cc4cccc(C(F)(F)F)c4)sc23)c1.O=C(O)c1ccnc(-c2cccc3cc(Cc4cccc(C(F)(F)F)c4)sc23)c1. The van der Waals surface area contributed by atoms with E-state index < -0.39 is 35.4 Å². The first-order chi connectivity index (χ1) is 28.2. The fraction of sp³-hybridized carbons (Fsp3) is 0.111. The Balaban J connectivity index is 0.000000179. The number of benzene rings is 4. The van der Waals surface area contributed by atoms with Crippen LogP contribution in [-0.4, -0.2) is 34.1 Å². The summed E-state index contributed by atoms with van der Waals surface area (Å²) in [6, 6.07) is 32.3. The average molecular weight is 841 g/mol. The molecular formula is C45H30F6N2O4S2. The van der Waals surface area contributed by atoms with Crippen LogP contribution >= 0.6 is 22.7 Å². The maximum Gasteiger partial charge on any atom is 0.416 e. The lowest BCUT2D eigenvalue weighted by Gasteiger charge is -2.08. The predicted octanol–water partition coefficient (Wildman–Crippen LogP) is 12.6. The van der Waals surface area contributed by atoms with Gasteiger partial charge in [-0.3, -0.25) is 9.97 Å². The molecule has 298 valence electrons. The maximum absolute atomic E-state index is 13.0. The zero-order valence-electron chi connectivity index (χ0n) is 30.8. The lowest BCUT2D eigenvalue weighted by Crippen LogP contribution is -2.05. The maximum atomic E-state index is 13.0. The Kier molecular flexibility index (Phi) is 11.6. The van der Waals surface area contributed by atoms with Gasteiger partial charge in [0.25, 0.3) is 0 Å². The van der Waals surface area contributed by atoms with Crippen LogP contribution in [0.15, 0.2) is 134 Å². The van der Waals surface area contributed by atoms with E-state index in [1.54, 1.807) is 30.5 Å². The van der Waals surface area contributed by atoms with Crippen LogP contribution in [0.1, 0.15) is 52.7 Å². The van der Waals surface area contributed by atoms with Gasteiger partial charge in [0.15, 0.2) is 0 Å². The number of ether oxygens (including phenoxy) is 1. The molecule has 0 saturated heterocycles. The summed E-state index contributed by atoms with van der Waals surface area (Å²) in [4.78, 5) is 33.6. The normalized spacial score (nSPS) is 11.6. The van der Waals surface area contributed by atoms with Crippen molar-refractivity contribution in [2.75, 3.05) is 7.11 Å². The molecule has 0 amide bonds. The van der Waals surface area contributed by atoms with Crippen LogP contribution < -0.4 is 0 Å². The van der Waals surface area contributed by atoms with Crippen LogP contribution in [-0.2, 0) is 29.9 Å². The van der Waals surface area contributed by atoms with Gasteiger partial charge in [-0.25, -0.2) is 9.59 Å². The number of hydrogen-bond acceptors (Lipinski definition) is 7. The van der Waals surface area contributed by atoms with E-state index in [1.807, 2.05) is 48.5 Å². The molecule has 1 N–H and O–H groups in total. The van der Waals surface area contributed by atoms with Crippen molar-refractivity contribution in [3.8, 4) is 22.5 Å². The van der Waals surface area contributed by atoms with Crippen molar-refractivity contribution >= 4 is 54.8 Å². The van der Waals surface area contributed by atoms with E-state index >= 15 is 0 Å². The third-order valence-corrected chi connectivity index (χ3v) is 11.6. The van der Waals surface area contributed by atoms with Crippen molar-refractivity contribution in [1.29, 1.82) is 0 Å². The topological polar surface area (TPSA) is 89.4 Å². The van der Waals surface area contributed by atoms with E-state index in [-0.39, 0.29) is 5.56 Å². The number of carbonyl (C=O) groups is 2. The number of carboxylic acid groups (broad SMARTS) is 1. The second-order valence-electron chi connectivity index (χ2n) is 13.3. The lowest BCUT2D eigenvalue weighted by atomic mass is 10.1. The number of aromatic nitrogens is 2. The first-order valence-corrected chi connectivity index (χ1v) is 19.4. The highest BCUT2D eigenvalue weighted by Crippen LogP contribution is 2.38. The molecule has 59 heavy (non-hydrogen) atoms. The highest BCUT2D eigenvalue weighted by atomic mass is 32.1. The fourth-order valence-corrected chi connectivity index (χ4v) is 8.89. The summed E-state index contributed by atoms with van der Waals surface area (Å²) in [6.07, 6.45) is -4.94. The van der Waals surface area contributed by atoms with Gasteiger partial charge < -0.3 is 9.84 Å². The largest absolute Gasteiger partial charge is 0.478 e. The Bertz CT molecular complexity index is 2830. The highest BCUT2D eigenvalue weighted by Gasteiger charge is 2.31. The molecular weight excluding hydrogens is 811 g/mol. The predicted molar refractivity (Wildman–Crippen MR) is 217 cm³/mol. The number of aromatic carboxylic acids is 1. The molecule has 0 fully saturated rings. The number of esters is 1. The van der Waals surface area contributed by atoms with Crippen molar-refractivity contribution in [1.82, 2.24) is 9.97 Å². The summed E-state index contributed by atoms with van der Waals surface area (Å²) in [5.41, 5.74) is 3.26. The number of fused-ring (bicyclic) bond motifs is 2. The second kappa shape index (κ2) is 16.8. The van der Waals surface area contributed by atoms with E-state index in [2.05, 4.69) is 9.97 Å². The van der Waals surface area contributed by atoms with Gasteiger partial charge in [0.2, 0.25) is 0 Å². The molecule has 0 aliphatic heterocycles. The third kappa shape index (κ3) is 9.51. The Morgan fingerprint density at radius 2 is 1.03 bits per heavy atom. The lowest BCUT2D eigenvalue weighted by molar-refractivity contribution is -0.138. The zero-order valence-corrected chi connectivity index (χ0v) is 32.4. The van der Waals surface area contributed by atoms with Gasteiger partial charge in [0.05, 0.1) is 40.8 Å². The highest BCUT2D eigenvalue weighted by molar-refractivity contribution is 7.20. The number of carboxylic acids is 1. The van der Waals surface area contributed by atoms with Crippen LogP contribution in [0.3, 0.4) is 0 Å². The molecule has 4 heterocycles. The first-order valence-electron chi connectivity index (χ1n) is 17.8. The minimum Gasteiger partial charge on any atom is -0.478 e. The number of hydrogen-bond donors (Lipinski definition) is 1. The summed E-state index contributed by atoms with van der Waals surface area (Å²) in [7, 11) is 1.32. The molecule has 0 unspecified atom stereocenters. The van der Waals surface area contributed by atoms with Gasteiger partial charge in [0, 0.05) is 55.5 Å². The van der Waals surface area contributed by atoms with Gasteiger partial charge in [-0.2, -0.15) is 26.3 Å². The molecule has 0 radical (unpaired) electrons. The minimum atomic E-state index is -4.37. The molecule has 0 atom stereocenters. The number of halogens is 6. The van der Waals surface area contributed by atoms with Crippen molar-refractivity contribution in [3.63, 3.8) is 0 Å². The smallest absolute Gasteiger partial charge is 0.416 e. The Labute approximate surface area is 341 Å². The number of carbonyl (C=O) groups excluding carboxylic acids is 1. The molecule has 0 spiro atoms. The summed E-state index contributed by atoms with van der Waals surface area (Å²) >= 11 is 2.98. The summed E-state index contributed by atoms with van der Waals surface area (Å²) in [5, 5.41) is 11.1. The van der Waals surface area contributed by atoms with E-state index in [4.69, 9.17) is 4.74 Å². The Hall–Kier alpha value is -6.38. The van der Waals surface area contributed by atoms with Crippen LogP contribution in [0.2, 0.25) is 0 Å². The number of pyridine rings is 2. The molecule has 0 saturated carbocycles. The van der Waals surface area contributed by atoms with Crippen LogP contribution in [0.25, 0.3) is 42.7 Å². The standard InChI is InChI=1S/C23H16F3NO2S.C22H14F3NO2S/c1-29-22(28)16-8-9-27-20(13-16)19-7-3-5-15-12-18(30-21(15)19)11-14-4-2-6-17(10-14)23(24,25)26;23-22(24,25)16-5-1-3-13(9-16)10-17-11-14-4-2-6-18(20(14)29-17)19-12-15(21(27)28)7-8-26-19/h2-10,12-13H,11H2,1H3;1-9,11-12H,10H2,(H,27,28). The van der Waals surface area contributed by atoms with Gasteiger partial charge in [-0.15, -0.1) is 22.7 Å². The molecule has 4 aromatic heterocycles. The molecule has 0 bridgehead atoms. The number of methoxy groups -OCH3 is 1. The van der Waals surface area contributed by atoms with E-state index in [0.29, 0.717) is 40.9 Å². The van der Waals surface area contributed by atoms with Crippen molar-refractivity contribution in [2.24, 2.45) is 0 Å². The summed E-state index contributed by atoms with van der Waals surface area (Å²) in [5.74, 6) is -1.47. The van der Waals surface area contributed by atoms with Crippen molar-refractivity contribution in [2.45, 2.75) is 25.2 Å². The van der Waals surface area contributed by atoms with Gasteiger partial charge in [0.1, 0.15) is 0 Å². The van der Waals surface area contributed by atoms with Gasteiger partial charge in [-0.1, -0.05) is 72.8 Å². The third-order valence-electron chi connectivity index (χ3n) is 9.20. The molecule has 6 nitrogen and oxygen atoms in total. The summed E-state index contributed by atoms with van der Waals surface area (Å²) < 4.78 is 84.5. The molecule has 0 aliphatic carbocycles. The zero-order chi connectivity index (χ0) is 41.9. The molecule has 4 aromatic carbocycles. The van der Waals surface area contributed by atoms with Crippen LogP contribution in [0.5, 0.6) is 0 Å². The minimum absolute atomic E-state index is 0.146. The molecule has 8 aromatic rings. The molecule has 0 aliphatic rings. The number of nitrogens with zero attached hydrogens (tertiary/aromatic N) is 2. The van der Waals surface area contributed by atoms with Gasteiger partial charge in [-0.05, 0) is 70.4 Å². The van der Waals surface area contributed by atoms with Crippen LogP contribution in [0.4, 0.5) is 26.3 Å². The Morgan fingerprint density at radius 1 is 0.593 bits per heavy atom. The van der Waals surface area contributed by atoms with E-state index in [1.165, 1.54) is 72.4 Å². The van der Waals surface area contributed by atoms with Gasteiger partial charge >= 0.3 is 24.3 Å². The molecule has 14 heteroatoms. The van der Waals surface area contributed by atoms with Crippen molar-refractivity contribution in [3.05, 3.63) is 177 Å². The second-order valence-corrected chi connectivity index (χ2v) is 15.6. The number of thiophene rings is 2. The fourth-order valence-electron chi connectivity index (χ4n) is 6.46. The monoisotopic (exact) mass is 840 g/mol. The van der Waals surface area contributed by atoms with Crippen LogP contribution in [0, 0.1) is 0 Å². The molecule has 8 rings (SSSR count). The number of rotatable bonds is 8.